The van der Waals surface area contributed by atoms with Crippen molar-refractivity contribution in [2.24, 2.45) is 0 Å². The monoisotopic (exact) mass is 273 g/mol. The van der Waals surface area contributed by atoms with Gasteiger partial charge >= 0.3 is 6.18 Å². The van der Waals surface area contributed by atoms with Gasteiger partial charge in [-0.15, -0.1) is 0 Å². The smallest absolute Gasteiger partial charge is 0.315 e. The Labute approximate surface area is 97.7 Å². The number of hydrogen-bond acceptors (Lipinski definition) is 3. The predicted molar refractivity (Wildman–Crippen MR) is 54.5 cm³/mol. The van der Waals surface area contributed by atoms with Crippen LogP contribution in [0.3, 0.4) is 0 Å². The van der Waals surface area contributed by atoms with E-state index in [0.29, 0.717) is 23.8 Å². The quantitative estimate of drug-likeness (QED) is 0.756. The third-order valence-electron chi connectivity index (χ3n) is 2.99. The SMILES string of the molecule is O=S1(=O)N(CC(F)(F)F)CCN1C1CCNC1. The second-order valence-corrected chi connectivity index (χ2v) is 6.09. The Kier molecular flexibility index (Phi) is 3.36. The summed E-state index contributed by atoms with van der Waals surface area (Å²) in [5.74, 6) is 0. The maximum Gasteiger partial charge on any atom is 0.402 e. The van der Waals surface area contributed by atoms with E-state index in [1.807, 2.05) is 0 Å². The van der Waals surface area contributed by atoms with Gasteiger partial charge in [-0.2, -0.15) is 30.2 Å². The van der Waals surface area contributed by atoms with Crippen molar-refractivity contribution >= 4 is 10.2 Å². The molecule has 1 N–H and O–H groups in total. The lowest BCUT2D eigenvalue weighted by molar-refractivity contribution is -0.135. The summed E-state index contributed by atoms with van der Waals surface area (Å²) < 4.78 is 62.1. The molecule has 0 saturated carbocycles. The van der Waals surface area contributed by atoms with Crippen LogP contribution in [0.25, 0.3) is 0 Å². The predicted octanol–water partition coefficient (Wildman–Crippen LogP) is -0.227. The van der Waals surface area contributed by atoms with Crippen molar-refractivity contribution in [3.05, 3.63) is 0 Å². The molecule has 5 nitrogen and oxygen atoms in total. The highest BCUT2D eigenvalue weighted by molar-refractivity contribution is 7.87. The Bertz CT molecular complexity index is 378. The van der Waals surface area contributed by atoms with E-state index in [1.54, 1.807) is 0 Å². The molecule has 0 radical (unpaired) electrons. The molecule has 2 heterocycles. The topological polar surface area (TPSA) is 52.7 Å². The average molecular weight is 273 g/mol. The number of nitrogens with zero attached hydrogens (tertiary/aromatic N) is 2. The molecule has 2 fully saturated rings. The van der Waals surface area contributed by atoms with Crippen LogP contribution in [0.4, 0.5) is 13.2 Å². The third-order valence-corrected chi connectivity index (χ3v) is 5.03. The van der Waals surface area contributed by atoms with Crippen LogP contribution in [0.5, 0.6) is 0 Å². The largest absolute Gasteiger partial charge is 0.402 e. The zero-order valence-electron chi connectivity index (χ0n) is 9.07. The molecule has 9 heteroatoms. The van der Waals surface area contributed by atoms with Gasteiger partial charge in [-0.05, 0) is 13.0 Å². The molecule has 1 unspecified atom stereocenters. The molecule has 0 aromatic carbocycles. The Morgan fingerprint density at radius 2 is 2.00 bits per heavy atom. The summed E-state index contributed by atoms with van der Waals surface area (Å²) in [5, 5.41) is 3.00. The molecule has 0 aromatic heterocycles. The van der Waals surface area contributed by atoms with Crippen LogP contribution in [0.15, 0.2) is 0 Å². The first-order chi connectivity index (χ1) is 7.81. The Hall–Kier alpha value is -0.380. The fourth-order valence-electron chi connectivity index (χ4n) is 2.21. The van der Waals surface area contributed by atoms with Crippen LogP contribution in [0.2, 0.25) is 0 Å². The number of rotatable bonds is 2. The summed E-state index contributed by atoms with van der Waals surface area (Å²) in [4.78, 5) is 0. The lowest BCUT2D eigenvalue weighted by Crippen LogP contribution is -2.43. The second kappa shape index (κ2) is 4.38. The molecule has 0 aromatic rings. The van der Waals surface area contributed by atoms with Gasteiger partial charge in [0.2, 0.25) is 0 Å². The Morgan fingerprint density at radius 3 is 2.53 bits per heavy atom. The van der Waals surface area contributed by atoms with E-state index in [4.69, 9.17) is 0 Å². The number of hydrogen-bond donors (Lipinski definition) is 1. The van der Waals surface area contributed by atoms with Gasteiger partial charge in [0.05, 0.1) is 0 Å². The van der Waals surface area contributed by atoms with Gasteiger partial charge in [0.1, 0.15) is 6.54 Å². The zero-order chi connectivity index (χ0) is 12.7. The molecule has 100 valence electrons. The number of nitrogens with one attached hydrogen (secondary N) is 1. The summed E-state index contributed by atoms with van der Waals surface area (Å²) >= 11 is 0. The summed E-state index contributed by atoms with van der Waals surface area (Å²) in [6.07, 6.45) is -3.84. The molecular weight excluding hydrogens is 259 g/mol. The molecule has 0 aliphatic carbocycles. The van der Waals surface area contributed by atoms with Gasteiger partial charge in [0.25, 0.3) is 10.2 Å². The van der Waals surface area contributed by atoms with E-state index < -0.39 is 22.9 Å². The van der Waals surface area contributed by atoms with Crippen molar-refractivity contribution < 1.29 is 21.6 Å². The van der Waals surface area contributed by atoms with Crippen LogP contribution in [-0.4, -0.2) is 62.0 Å². The number of halogens is 3. The highest BCUT2D eigenvalue weighted by atomic mass is 32.2. The first-order valence-corrected chi connectivity index (χ1v) is 6.75. The molecule has 2 rings (SSSR count). The molecule has 0 bridgehead atoms. The van der Waals surface area contributed by atoms with Gasteiger partial charge in [0, 0.05) is 25.7 Å². The standard InChI is InChI=1S/C8H14F3N3O2S/c9-8(10,11)6-13-3-4-14(17(13,15)16)7-1-2-12-5-7/h7,12H,1-6H2. The minimum absolute atomic E-state index is 0.0850. The van der Waals surface area contributed by atoms with Crippen molar-refractivity contribution in [1.82, 2.24) is 13.9 Å². The molecular formula is C8H14F3N3O2S. The second-order valence-electron chi connectivity index (χ2n) is 4.21. The van der Waals surface area contributed by atoms with E-state index in [2.05, 4.69) is 5.32 Å². The molecule has 1 atom stereocenters. The fourth-order valence-corrected chi connectivity index (χ4v) is 3.99. The van der Waals surface area contributed by atoms with E-state index in [0.717, 1.165) is 0 Å². The first kappa shape index (κ1) is 13.1. The van der Waals surface area contributed by atoms with Crippen LogP contribution < -0.4 is 5.32 Å². The van der Waals surface area contributed by atoms with Crippen molar-refractivity contribution in [1.29, 1.82) is 0 Å². The van der Waals surface area contributed by atoms with Crippen LogP contribution >= 0.6 is 0 Å². The minimum Gasteiger partial charge on any atom is -0.315 e. The van der Waals surface area contributed by atoms with Gasteiger partial charge in [0.15, 0.2) is 0 Å². The highest BCUT2D eigenvalue weighted by Crippen LogP contribution is 2.26. The summed E-state index contributed by atoms with van der Waals surface area (Å²) in [6, 6.07) is -0.210. The Morgan fingerprint density at radius 1 is 1.29 bits per heavy atom. The highest BCUT2D eigenvalue weighted by Gasteiger charge is 2.45. The summed E-state index contributed by atoms with van der Waals surface area (Å²) in [6.45, 7) is -0.121. The van der Waals surface area contributed by atoms with Crippen LogP contribution in [0.1, 0.15) is 6.42 Å². The van der Waals surface area contributed by atoms with Crippen molar-refractivity contribution in [3.8, 4) is 0 Å². The van der Waals surface area contributed by atoms with Gasteiger partial charge in [-0.3, -0.25) is 0 Å². The van der Waals surface area contributed by atoms with Gasteiger partial charge < -0.3 is 5.32 Å². The third kappa shape index (κ3) is 2.72. The maximum atomic E-state index is 12.2. The van der Waals surface area contributed by atoms with Crippen molar-refractivity contribution in [3.63, 3.8) is 0 Å². The lowest BCUT2D eigenvalue weighted by atomic mass is 10.2. The minimum atomic E-state index is -4.49. The zero-order valence-corrected chi connectivity index (χ0v) is 9.89. The first-order valence-electron chi connectivity index (χ1n) is 5.35. The van der Waals surface area contributed by atoms with E-state index in [1.165, 1.54) is 4.31 Å². The normalized spacial score (nSPS) is 31.1. The van der Waals surface area contributed by atoms with Crippen molar-refractivity contribution in [2.75, 3.05) is 32.7 Å². The average Bonchev–Trinajstić information content (AvgIpc) is 2.74. The fraction of sp³-hybridized carbons (Fsp3) is 1.00. The van der Waals surface area contributed by atoms with Crippen LogP contribution in [0, 0.1) is 0 Å². The molecule has 0 amide bonds. The summed E-state index contributed by atoms with van der Waals surface area (Å²) in [5.41, 5.74) is 0. The van der Waals surface area contributed by atoms with Gasteiger partial charge in [-0.1, -0.05) is 0 Å². The molecule has 17 heavy (non-hydrogen) atoms. The lowest BCUT2D eigenvalue weighted by Gasteiger charge is -2.23. The van der Waals surface area contributed by atoms with E-state index >= 15 is 0 Å². The number of alkyl halides is 3. The molecule has 2 aliphatic heterocycles. The van der Waals surface area contributed by atoms with Crippen LogP contribution in [-0.2, 0) is 10.2 Å². The maximum absolute atomic E-state index is 12.2. The Balaban J connectivity index is 2.09. The molecule has 2 aliphatic rings. The van der Waals surface area contributed by atoms with E-state index in [9.17, 15) is 21.6 Å². The molecule has 0 spiro atoms. The van der Waals surface area contributed by atoms with Crippen molar-refractivity contribution in [2.45, 2.75) is 18.6 Å². The molecule has 2 saturated heterocycles. The summed E-state index contributed by atoms with van der Waals surface area (Å²) in [7, 11) is -3.94. The van der Waals surface area contributed by atoms with Gasteiger partial charge in [-0.25, -0.2) is 0 Å². The van der Waals surface area contributed by atoms with E-state index in [-0.39, 0.29) is 19.1 Å².